The summed E-state index contributed by atoms with van der Waals surface area (Å²) in [5.74, 6) is -0.925. The Kier molecular flexibility index (Phi) is 2.78. The van der Waals surface area contributed by atoms with E-state index in [1.165, 1.54) is 17.8 Å². The Morgan fingerprint density at radius 1 is 1.55 bits per heavy atom. The fourth-order valence-electron chi connectivity index (χ4n) is 0.679. The van der Waals surface area contributed by atoms with Crippen LogP contribution < -0.4 is 0 Å². The summed E-state index contributed by atoms with van der Waals surface area (Å²) in [7, 11) is 0. The molecule has 0 atom stereocenters. The van der Waals surface area contributed by atoms with Crippen LogP contribution in [0.15, 0.2) is 21.5 Å². The third-order valence-electron chi connectivity index (χ3n) is 1.25. The molecule has 0 amide bonds. The zero-order valence-corrected chi connectivity index (χ0v) is 8.17. The molecule has 0 unspecified atom stereocenters. The van der Waals surface area contributed by atoms with E-state index in [-0.39, 0.29) is 5.75 Å². The van der Waals surface area contributed by atoms with Gasteiger partial charge in [-0.1, -0.05) is 0 Å². The third kappa shape index (κ3) is 1.68. The molecule has 1 nitrogen and oxygen atoms in total. The number of thioether (sulfide) groups is 1. The molecule has 0 aromatic heterocycles. The molecule has 4 heteroatoms. The van der Waals surface area contributed by atoms with E-state index in [2.05, 4.69) is 15.9 Å². The van der Waals surface area contributed by atoms with Crippen LogP contribution in [-0.4, -0.2) is 11.4 Å². The van der Waals surface area contributed by atoms with Gasteiger partial charge in [-0.05, 0) is 34.3 Å². The molecule has 0 saturated heterocycles. The van der Waals surface area contributed by atoms with Crippen molar-refractivity contribution in [1.29, 1.82) is 0 Å². The molecular formula is C7H6BrFOS. The normalized spacial score (nSPS) is 10.1. The lowest BCUT2D eigenvalue weighted by Gasteiger charge is -2.02. The number of halogens is 2. The second-order valence-electron chi connectivity index (χ2n) is 1.91. The summed E-state index contributed by atoms with van der Waals surface area (Å²) in [4.78, 5) is 0.778. The number of hydrogen-bond donors (Lipinski definition) is 1. The van der Waals surface area contributed by atoms with Crippen molar-refractivity contribution in [3.63, 3.8) is 0 Å². The van der Waals surface area contributed by atoms with Gasteiger partial charge in [0.05, 0.1) is 4.47 Å². The van der Waals surface area contributed by atoms with Crippen molar-refractivity contribution < 1.29 is 9.50 Å². The minimum absolute atomic E-state index is 0.324. The maximum absolute atomic E-state index is 12.9. The van der Waals surface area contributed by atoms with Gasteiger partial charge >= 0.3 is 0 Å². The Morgan fingerprint density at radius 2 is 2.18 bits per heavy atom. The smallest absolute Gasteiger partial charge is 0.180 e. The molecule has 0 spiro atoms. The Bertz CT molecular complexity index is 277. The Hall–Kier alpha value is -0.220. The van der Waals surface area contributed by atoms with Crippen LogP contribution in [0, 0.1) is 5.82 Å². The Labute approximate surface area is 76.7 Å². The number of phenols is 1. The molecule has 1 aromatic carbocycles. The Morgan fingerprint density at radius 3 is 2.73 bits per heavy atom. The minimum atomic E-state index is -0.600. The zero-order chi connectivity index (χ0) is 8.43. The largest absolute Gasteiger partial charge is 0.505 e. The molecule has 0 saturated carbocycles. The van der Waals surface area contributed by atoms with Gasteiger partial charge in [-0.25, -0.2) is 4.39 Å². The quantitative estimate of drug-likeness (QED) is 0.757. The molecule has 0 bridgehead atoms. The van der Waals surface area contributed by atoms with E-state index in [1.807, 2.05) is 6.26 Å². The predicted octanol–water partition coefficient (Wildman–Crippen LogP) is 3.02. The van der Waals surface area contributed by atoms with Crippen LogP contribution in [0.2, 0.25) is 0 Å². The van der Waals surface area contributed by atoms with Crippen LogP contribution in [0.25, 0.3) is 0 Å². The molecule has 1 rings (SSSR count). The van der Waals surface area contributed by atoms with Crippen LogP contribution in [0.3, 0.4) is 0 Å². The average molecular weight is 237 g/mol. The van der Waals surface area contributed by atoms with Crippen LogP contribution in [0.1, 0.15) is 0 Å². The molecule has 11 heavy (non-hydrogen) atoms. The van der Waals surface area contributed by atoms with E-state index in [1.54, 1.807) is 6.07 Å². The van der Waals surface area contributed by atoms with Crippen molar-refractivity contribution in [2.75, 3.05) is 6.26 Å². The average Bonchev–Trinajstić information content (AvgIpc) is 2.01. The third-order valence-corrected chi connectivity index (χ3v) is 3.06. The van der Waals surface area contributed by atoms with Gasteiger partial charge in [-0.2, -0.15) is 0 Å². The van der Waals surface area contributed by atoms with Gasteiger partial charge in [0.2, 0.25) is 0 Å². The molecule has 1 N–H and O–H groups in total. The summed E-state index contributed by atoms with van der Waals surface area (Å²) in [6, 6.07) is 3.00. The highest BCUT2D eigenvalue weighted by Crippen LogP contribution is 2.32. The van der Waals surface area contributed by atoms with E-state index >= 15 is 0 Å². The van der Waals surface area contributed by atoms with E-state index in [0.29, 0.717) is 4.47 Å². The van der Waals surface area contributed by atoms with E-state index < -0.39 is 5.82 Å². The number of aromatic hydroxyl groups is 1. The summed E-state index contributed by atoms with van der Waals surface area (Å²) < 4.78 is 13.2. The molecule has 0 fully saturated rings. The maximum Gasteiger partial charge on any atom is 0.180 e. The molecule has 0 radical (unpaired) electrons. The minimum Gasteiger partial charge on any atom is -0.505 e. The first-order valence-electron chi connectivity index (χ1n) is 2.87. The monoisotopic (exact) mass is 236 g/mol. The van der Waals surface area contributed by atoms with Crippen LogP contribution in [0.5, 0.6) is 5.75 Å². The lowest BCUT2D eigenvalue weighted by molar-refractivity contribution is 0.429. The van der Waals surface area contributed by atoms with Crippen molar-refractivity contribution >= 4 is 27.7 Å². The van der Waals surface area contributed by atoms with Crippen molar-refractivity contribution in [2.45, 2.75) is 4.90 Å². The second kappa shape index (κ2) is 3.45. The van der Waals surface area contributed by atoms with Crippen molar-refractivity contribution in [1.82, 2.24) is 0 Å². The molecule has 1 aromatic rings. The van der Waals surface area contributed by atoms with Gasteiger partial charge in [0.25, 0.3) is 0 Å². The van der Waals surface area contributed by atoms with Gasteiger partial charge in [0.15, 0.2) is 11.6 Å². The van der Waals surface area contributed by atoms with E-state index in [0.717, 1.165) is 4.90 Å². The highest BCUT2D eigenvalue weighted by molar-refractivity contribution is 9.10. The lowest BCUT2D eigenvalue weighted by Crippen LogP contribution is -1.81. The highest BCUT2D eigenvalue weighted by Gasteiger charge is 2.08. The molecule has 0 heterocycles. The first-order valence-corrected chi connectivity index (χ1v) is 4.89. The SMILES string of the molecule is CSc1ccc(O)c(F)c1Br. The second-order valence-corrected chi connectivity index (χ2v) is 3.56. The van der Waals surface area contributed by atoms with Crippen molar-refractivity contribution in [3.05, 3.63) is 22.4 Å². The number of phenolic OH excluding ortho intramolecular Hbond substituents is 1. The summed E-state index contributed by atoms with van der Waals surface area (Å²) >= 11 is 4.46. The van der Waals surface area contributed by atoms with E-state index in [4.69, 9.17) is 5.11 Å². The van der Waals surface area contributed by atoms with Crippen molar-refractivity contribution in [3.8, 4) is 5.75 Å². The summed E-state index contributed by atoms with van der Waals surface area (Å²) in [5.41, 5.74) is 0. The number of rotatable bonds is 1. The first kappa shape index (κ1) is 8.87. The van der Waals surface area contributed by atoms with Crippen LogP contribution in [-0.2, 0) is 0 Å². The molecule has 0 aliphatic carbocycles. The van der Waals surface area contributed by atoms with Crippen molar-refractivity contribution in [2.24, 2.45) is 0 Å². The van der Waals surface area contributed by atoms with E-state index in [9.17, 15) is 4.39 Å². The summed E-state index contributed by atoms with van der Waals surface area (Å²) in [6.45, 7) is 0. The number of benzene rings is 1. The predicted molar refractivity (Wildman–Crippen MR) is 47.5 cm³/mol. The highest BCUT2D eigenvalue weighted by atomic mass is 79.9. The van der Waals surface area contributed by atoms with Gasteiger partial charge in [-0.3, -0.25) is 0 Å². The Balaban J connectivity index is 3.25. The van der Waals surface area contributed by atoms with Gasteiger partial charge in [0, 0.05) is 4.90 Å². The molecule has 60 valence electrons. The summed E-state index contributed by atoms with van der Waals surface area (Å²) in [6.07, 6.45) is 1.84. The zero-order valence-electron chi connectivity index (χ0n) is 5.77. The standard InChI is InChI=1S/C7H6BrFOS/c1-11-5-3-2-4(10)7(9)6(5)8/h2-3,10H,1H3. The topological polar surface area (TPSA) is 20.2 Å². The van der Waals surface area contributed by atoms with Gasteiger partial charge < -0.3 is 5.11 Å². The molecule has 0 aliphatic rings. The molecular weight excluding hydrogens is 231 g/mol. The first-order chi connectivity index (χ1) is 5.16. The lowest BCUT2D eigenvalue weighted by atomic mass is 10.3. The summed E-state index contributed by atoms with van der Waals surface area (Å²) in [5, 5.41) is 8.91. The van der Waals surface area contributed by atoms with Gasteiger partial charge in [0.1, 0.15) is 0 Å². The van der Waals surface area contributed by atoms with Gasteiger partial charge in [-0.15, -0.1) is 11.8 Å². The van der Waals surface area contributed by atoms with Crippen LogP contribution in [0.4, 0.5) is 4.39 Å². The molecule has 0 aliphatic heterocycles. The van der Waals surface area contributed by atoms with Crippen LogP contribution >= 0.6 is 27.7 Å². The fraction of sp³-hybridized carbons (Fsp3) is 0.143. The maximum atomic E-state index is 12.9. The fourth-order valence-corrected chi connectivity index (χ4v) is 1.97. The number of hydrogen-bond acceptors (Lipinski definition) is 2.